The van der Waals surface area contributed by atoms with Crippen LogP contribution in [0.5, 0.6) is 11.5 Å². The van der Waals surface area contributed by atoms with Crippen LogP contribution in [0.4, 0.5) is 0 Å². The van der Waals surface area contributed by atoms with Gasteiger partial charge in [-0.25, -0.2) is 4.79 Å². The lowest BCUT2D eigenvalue weighted by molar-refractivity contribution is 0.0686. The third-order valence-corrected chi connectivity index (χ3v) is 2.87. The van der Waals surface area contributed by atoms with Crippen molar-refractivity contribution in [2.24, 2.45) is 0 Å². The van der Waals surface area contributed by atoms with E-state index in [4.69, 9.17) is 23.8 Å². The summed E-state index contributed by atoms with van der Waals surface area (Å²) in [6, 6.07) is 4.81. The Hall–Kier alpha value is -2.54. The molecular formula is C14H15NO6. The first-order chi connectivity index (χ1) is 10.1. The highest BCUT2D eigenvalue weighted by molar-refractivity contribution is 5.86. The molecule has 0 aliphatic heterocycles. The Morgan fingerprint density at radius 3 is 2.52 bits per heavy atom. The molecule has 0 spiro atoms. The lowest BCUT2D eigenvalue weighted by atomic mass is 10.1. The number of ether oxygens (including phenoxy) is 3. The number of benzene rings is 1. The number of methoxy groups -OCH3 is 3. The molecule has 112 valence electrons. The Balaban J connectivity index is 2.52. The van der Waals surface area contributed by atoms with Crippen molar-refractivity contribution in [1.82, 2.24) is 5.16 Å². The van der Waals surface area contributed by atoms with Gasteiger partial charge in [-0.1, -0.05) is 5.16 Å². The van der Waals surface area contributed by atoms with E-state index in [2.05, 4.69) is 5.16 Å². The maximum Gasteiger partial charge on any atom is 0.358 e. The zero-order valence-electron chi connectivity index (χ0n) is 11.9. The topological polar surface area (TPSA) is 91.0 Å². The number of hydrogen-bond donors (Lipinski definition) is 1. The summed E-state index contributed by atoms with van der Waals surface area (Å²) in [5.41, 5.74) is 1.22. The molecule has 2 rings (SSSR count). The summed E-state index contributed by atoms with van der Waals surface area (Å²) in [5.74, 6) is 0.227. The molecule has 0 bridgehead atoms. The molecule has 7 nitrogen and oxygen atoms in total. The van der Waals surface area contributed by atoms with Crippen LogP contribution >= 0.6 is 0 Å². The molecule has 1 heterocycles. The summed E-state index contributed by atoms with van der Waals surface area (Å²) in [7, 11) is 4.62. The predicted octanol–water partition coefficient (Wildman–Crippen LogP) is 2.20. The third kappa shape index (κ3) is 2.97. The van der Waals surface area contributed by atoms with Gasteiger partial charge in [0.25, 0.3) is 0 Å². The van der Waals surface area contributed by atoms with Gasteiger partial charge in [0.2, 0.25) is 0 Å². The van der Waals surface area contributed by atoms with Gasteiger partial charge in [0.05, 0.1) is 20.8 Å². The number of hydrogen-bond acceptors (Lipinski definition) is 6. The van der Waals surface area contributed by atoms with E-state index in [1.165, 1.54) is 20.3 Å². The molecule has 1 aromatic heterocycles. The summed E-state index contributed by atoms with van der Waals surface area (Å²) in [6.07, 6.45) is 0. The van der Waals surface area contributed by atoms with Crippen LogP contribution in [0.1, 0.15) is 16.1 Å². The van der Waals surface area contributed by atoms with E-state index in [0.717, 1.165) is 5.56 Å². The fourth-order valence-corrected chi connectivity index (χ4v) is 1.96. The van der Waals surface area contributed by atoms with Crippen LogP contribution in [0.2, 0.25) is 0 Å². The van der Waals surface area contributed by atoms with Gasteiger partial charge in [0.1, 0.15) is 0 Å². The summed E-state index contributed by atoms with van der Waals surface area (Å²) >= 11 is 0. The maximum atomic E-state index is 10.9. The second kappa shape index (κ2) is 6.27. The average Bonchev–Trinajstić information content (AvgIpc) is 2.96. The monoisotopic (exact) mass is 293 g/mol. The van der Waals surface area contributed by atoms with Crippen molar-refractivity contribution < 1.29 is 28.6 Å². The molecular weight excluding hydrogens is 278 g/mol. The van der Waals surface area contributed by atoms with Crippen molar-refractivity contribution in [2.75, 3.05) is 21.3 Å². The van der Waals surface area contributed by atoms with E-state index in [-0.39, 0.29) is 5.69 Å². The van der Waals surface area contributed by atoms with Crippen LogP contribution < -0.4 is 9.47 Å². The Morgan fingerprint density at radius 1 is 1.24 bits per heavy atom. The number of rotatable bonds is 6. The van der Waals surface area contributed by atoms with Crippen LogP contribution in [0.3, 0.4) is 0 Å². The predicted molar refractivity (Wildman–Crippen MR) is 72.7 cm³/mol. The fourth-order valence-electron chi connectivity index (χ4n) is 1.96. The number of carboxylic acid groups (broad SMARTS) is 1. The Bertz CT molecular complexity index is 649. The van der Waals surface area contributed by atoms with Gasteiger partial charge >= 0.3 is 5.97 Å². The van der Waals surface area contributed by atoms with Gasteiger partial charge in [-0.05, 0) is 12.1 Å². The first-order valence-corrected chi connectivity index (χ1v) is 6.05. The largest absolute Gasteiger partial charge is 0.493 e. The second-order valence-electron chi connectivity index (χ2n) is 4.19. The summed E-state index contributed by atoms with van der Waals surface area (Å²) in [6.45, 7) is 0.313. The van der Waals surface area contributed by atoms with Gasteiger partial charge in [-0.2, -0.15) is 0 Å². The van der Waals surface area contributed by atoms with Gasteiger partial charge < -0.3 is 23.8 Å². The van der Waals surface area contributed by atoms with Crippen molar-refractivity contribution in [3.8, 4) is 22.8 Å². The normalized spacial score (nSPS) is 10.4. The molecule has 7 heteroatoms. The van der Waals surface area contributed by atoms with E-state index >= 15 is 0 Å². The van der Waals surface area contributed by atoms with Gasteiger partial charge in [0, 0.05) is 24.3 Å². The molecule has 0 radical (unpaired) electrons. The van der Waals surface area contributed by atoms with Crippen molar-refractivity contribution in [3.63, 3.8) is 0 Å². The SMILES string of the molecule is COCc1cc(-c2cc(C(=O)O)no2)cc(OC)c1OC. The molecule has 0 aliphatic carbocycles. The minimum atomic E-state index is -1.15. The Morgan fingerprint density at radius 2 is 2.00 bits per heavy atom. The quantitative estimate of drug-likeness (QED) is 0.872. The van der Waals surface area contributed by atoms with E-state index in [1.54, 1.807) is 19.2 Å². The lowest BCUT2D eigenvalue weighted by Crippen LogP contribution is -1.98. The second-order valence-corrected chi connectivity index (χ2v) is 4.19. The molecule has 0 saturated carbocycles. The number of carbonyl (C=O) groups is 1. The molecule has 1 N–H and O–H groups in total. The molecule has 0 amide bonds. The maximum absolute atomic E-state index is 10.9. The average molecular weight is 293 g/mol. The van der Waals surface area contributed by atoms with Crippen LogP contribution in [0, 0.1) is 0 Å². The molecule has 0 aliphatic rings. The lowest BCUT2D eigenvalue weighted by Gasteiger charge is -2.13. The minimum Gasteiger partial charge on any atom is -0.493 e. The number of aromatic carboxylic acids is 1. The molecule has 0 unspecified atom stereocenters. The molecule has 0 fully saturated rings. The van der Waals surface area contributed by atoms with Crippen LogP contribution in [-0.2, 0) is 11.3 Å². The van der Waals surface area contributed by atoms with Crippen LogP contribution in [-0.4, -0.2) is 37.6 Å². The third-order valence-electron chi connectivity index (χ3n) is 2.87. The van der Waals surface area contributed by atoms with Gasteiger partial charge in [0.15, 0.2) is 23.0 Å². The first kappa shape index (κ1) is 14.9. The highest BCUT2D eigenvalue weighted by Gasteiger charge is 2.17. The van der Waals surface area contributed by atoms with Crippen LogP contribution in [0.15, 0.2) is 22.7 Å². The highest BCUT2D eigenvalue weighted by atomic mass is 16.5. The zero-order chi connectivity index (χ0) is 15.4. The summed E-state index contributed by atoms with van der Waals surface area (Å²) < 4.78 is 20.8. The highest BCUT2D eigenvalue weighted by Crippen LogP contribution is 2.36. The molecule has 21 heavy (non-hydrogen) atoms. The number of carboxylic acids is 1. The zero-order valence-corrected chi connectivity index (χ0v) is 11.9. The smallest absolute Gasteiger partial charge is 0.358 e. The van der Waals surface area contributed by atoms with E-state index < -0.39 is 5.97 Å². The number of aromatic nitrogens is 1. The van der Waals surface area contributed by atoms with E-state index in [1.807, 2.05) is 0 Å². The molecule has 2 aromatic rings. The molecule has 0 atom stereocenters. The van der Waals surface area contributed by atoms with E-state index in [0.29, 0.717) is 29.4 Å². The van der Waals surface area contributed by atoms with Crippen molar-refractivity contribution in [1.29, 1.82) is 0 Å². The summed E-state index contributed by atoms with van der Waals surface area (Å²) in [5, 5.41) is 12.4. The van der Waals surface area contributed by atoms with Crippen molar-refractivity contribution >= 4 is 5.97 Å². The fraction of sp³-hybridized carbons (Fsp3) is 0.286. The van der Waals surface area contributed by atoms with Gasteiger partial charge in [-0.3, -0.25) is 0 Å². The van der Waals surface area contributed by atoms with E-state index in [9.17, 15) is 4.79 Å². The Labute approximate surface area is 121 Å². The van der Waals surface area contributed by atoms with Crippen LogP contribution in [0.25, 0.3) is 11.3 Å². The van der Waals surface area contributed by atoms with Crippen molar-refractivity contribution in [3.05, 3.63) is 29.5 Å². The molecule has 1 aromatic carbocycles. The standard InChI is InChI=1S/C14H15NO6/c1-18-7-9-4-8(5-12(19-2)13(9)20-3)11-6-10(14(16)17)15-21-11/h4-6H,7H2,1-3H3,(H,16,17). The van der Waals surface area contributed by atoms with Gasteiger partial charge in [-0.15, -0.1) is 0 Å². The summed E-state index contributed by atoms with van der Waals surface area (Å²) in [4.78, 5) is 10.9. The number of nitrogens with zero attached hydrogens (tertiary/aromatic N) is 1. The Kier molecular flexibility index (Phi) is 4.44. The first-order valence-electron chi connectivity index (χ1n) is 6.05. The van der Waals surface area contributed by atoms with Crippen molar-refractivity contribution in [2.45, 2.75) is 6.61 Å². The minimum absolute atomic E-state index is 0.159. The molecule has 0 saturated heterocycles.